The molecule has 1 aromatic carbocycles. The van der Waals surface area contributed by atoms with Crippen molar-refractivity contribution in [2.24, 2.45) is 7.05 Å². The maximum atomic E-state index is 3.81. The molecule has 0 bridgehead atoms. The molecule has 0 N–H and O–H groups in total. The van der Waals surface area contributed by atoms with Crippen molar-refractivity contribution in [1.82, 2.24) is 9.47 Å². The van der Waals surface area contributed by atoms with Crippen LogP contribution in [-0.4, -0.2) is 23.7 Å². The van der Waals surface area contributed by atoms with Gasteiger partial charge in [-0.3, -0.25) is 0 Å². The van der Waals surface area contributed by atoms with Crippen molar-refractivity contribution in [1.29, 1.82) is 0 Å². The third-order valence-corrected chi connectivity index (χ3v) is 987. The molecule has 0 aliphatic carbocycles. The summed E-state index contributed by atoms with van der Waals surface area (Å²) in [6.07, 6.45) is 0. The Kier molecular flexibility index (Phi) is 43.2. The Morgan fingerprint density at radius 1 is 0.673 bits per heavy atom. The van der Waals surface area contributed by atoms with Crippen LogP contribution < -0.4 is 79.1 Å². The molecule has 1 aliphatic heterocycles. The van der Waals surface area contributed by atoms with Gasteiger partial charge in [-0.15, -0.1) is 0 Å². The summed E-state index contributed by atoms with van der Waals surface area (Å²) in [6, 6.07) is 13.1. The van der Waals surface area contributed by atoms with Crippen LogP contribution >= 0.6 is 415 Å². The van der Waals surface area contributed by atoms with Crippen LogP contribution in [0.2, 0.25) is 0 Å². The molecule has 1 fully saturated rings. The minimum atomic E-state index is -1.58. The molecular weight excluding hydrogens is 4310 g/mol. The third-order valence-electron chi connectivity index (χ3n) is 6.70. The van der Waals surface area contributed by atoms with E-state index in [4.69, 9.17) is 0 Å². The van der Waals surface area contributed by atoms with E-state index in [1.165, 1.54) is 10.9 Å². The van der Waals surface area contributed by atoms with E-state index >= 15 is 0 Å². The van der Waals surface area contributed by atoms with Crippen LogP contribution in [0.5, 0.6) is 0 Å². The predicted molar refractivity (Wildman–Crippen MR) is 458 cm³/mol. The van der Waals surface area contributed by atoms with Gasteiger partial charge in [-0.05, 0) is 0 Å². The van der Waals surface area contributed by atoms with Gasteiger partial charge in [0.1, 0.15) is 0 Å². The number of benzene rings is 1. The number of rotatable bonds is 17. The molecule has 35 heteroatoms. The van der Waals surface area contributed by atoms with E-state index < -0.39 is 98.8 Å². The number of nitrogens with zero attached hydrogens (tertiary/aromatic N) is 3. The summed E-state index contributed by atoms with van der Waals surface area (Å²) in [7, 11) is -2.77. The Labute approximate surface area is 567 Å². The summed E-state index contributed by atoms with van der Waals surface area (Å²) in [5, 5.41) is 1.51. The Balaban J connectivity index is 3.02. The third kappa shape index (κ3) is 14.7. The van der Waals surface area contributed by atoms with Crippen LogP contribution in [-0.2, 0) is 7.05 Å². The summed E-state index contributed by atoms with van der Waals surface area (Å²) in [6.45, 7) is 8.64. The molecule has 1 saturated heterocycles. The SMILES string of the molecule is CC(C)N1C([I-]I)([I-]I)C(I(I)I)(I(I)[I-]I)N(c2cc3ccccc3n2C)C(I(I)I(I)I(I)I)(I(I)I(I)I(I)[I-]I)C1(C)I(I)I(I)[I-]I. The van der Waals surface area contributed by atoms with Crippen LogP contribution in [0, 0.1) is 0 Å². The number of halogens is 32. The first-order valence-corrected chi connectivity index (χ1v) is 176. The topological polar surface area (TPSA) is 11.4 Å². The Hall–Kier alpha value is 21.9. The number of hydrogen-bond acceptors (Lipinski definition) is 2. The van der Waals surface area contributed by atoms with Crippen molar-refractivity contribution in [3.63, 3.8) is 0 Å². The van der Waals surface area contributed by atoms with Gasteiger partial charge >= 0.3 is 593 Å². The van der Waals surface area contributed by atoms with Gasteiger partial charge in [0, 0.05) is 0 Å². The summed E-state index contributed by atoms with van der Waals surface area (Å²) >= 11 is 48.0. The fourth-order valence-electron chi connectivity index (χ4n) is 5.13. The Morgan fingerprint density at radius 3 is 1.62 bits per heavy atom. The Bertz CT molecular complexity index is 1460. The molecule has 0 spiro atoms. The number of aryl methyl sites for hydroxylation is 1. The maximum absolute atomic E-state index is 3.81. The minimum absolute atomic E-state index is 0.0628. The number of para-hydroxylation sites is 1. The molecule has 0 radical (unpaired) electrons. The number of piperazine rings is 1. The molecule has 3 rings (SSSR count). The van der Waals surface area contributed by atoms with Crippen molar-refractivity contribution < 1.29 is 74.2 Å². The van der Waals surface area contributed by atoms with Gasteiger partial charge in [-0.25, -0.2) is 0 Å². The van der Waals surface area contributed by atoms with E-state index in [1.807, 2.05) is 0 Å². The molecule has 2 aromatic rings. The van der Waals surface area contributed by atoms with Crippen LogP contribution in [0.4, 0.5) is 5.82 Å². The summed E-state index contributed by atoms with van der Waals surface area (Å²) in [4.78, 5) is 7.50. The first-order valence-electron chi connectivity index (χ1n) is 11.7. The van der Waals surface area contributed by atoms with Gasteiger partial charge in [0.25, 0.3) is 0 Å². The second-order valence-electron chi connectivity index (χ2n) is 9.10. The molecule has 330 valence electrons. The van der Waals surface area contributed by atoms with E-state index in [0.29, 0.717) is 40.8 Å². The standard InChI is InChI=1S/C17H18I32N3/c1-10(2)51-14(3,42(26)46(31)38-21)16(43(27)48(33)45(29)30,44(28)49(34)47(32)39-22)52(13-9-11-7-5-6-8-12(11)50(13)4)17(40(23)24,41(25)37-20)15(51,35-18)36-19/h5-10H,1-4H3/q-5. The number of anilines is 1. The fourth-order valence-corrected chi connectivity index (χ4v) is 1320. The van der Waals surface area contributed by atoms with Crippen molar-refractivity contribution in [2.45, 2.75) is 35.0 Å². The molecule has 3 unspecified atom stereocenters. The molecule has 3 nitrogen and oxygen atoms in total. The van der Waals surface area contributed by atoms with Gasteiger partial charge in [-0.2, -0.15) is 0 Å². The van der Waals surface area contributed by atoms with Gasteiger partial charge in [0.2, 0.25) is 0 Å². The van der Waals surface area contributed by atoms with Gasteiger partial charge in [-0.1, -0.05) is 0 Å². The first kappa shape index (κ1) is 68.2. The van der Waals surface area contributed by atoms with Crippen LogP contribution in [0.3, 0.4) is 0 Å². The second kappa shape index (κ2) is 33.0. The molecule has 52 heavy (non-hydrogen) atoms. The van der Waals surface area contributed by atoms with Gasteiger partial charge in [0.05, 0.1) is 0 Å². The van der Waals surface area contributed by atoms with Crippen LogP contribution in [0.1, 0.15) is 20.8 Å². The normalized spacial score (nSPS) is 27.0. The molecule has 2 heterocycles. The van der Waals surface area contributed by atoms with Crippen molar-refractivity contribution in [3.8, 4) is 0 Å². The average Bonchev–Trinajstić information content (AvgIpc) is 3.46. The zero-order valence-electron chi connectivity index (χ0n) is 24.4. The van der Waals surface area contributed by atoms with E-state index in [2.05, 4.69) is 389 Å². The zero-order valence-corrected chi connectivity index (χ0v) is 93.4. The number of hydrogen-bond donors (Lipinski definition) is 0. The van der Waals surface area contributed by atoms with Gasteiger partial charge in [0.15, 0.2) is 0 Å². The van der Waals surface area contributed by atoms with Crippen molar-refractivity contribution in [2.75, 3.05) is 4.90 Å². The molecule has 3 atom stereocenters. The summed E-state index contributed by atoms with van der Waals surface area (Å²) < 4.78 is 4.60. The summed E-state index contributed by atoms with van der Waals surface area (Å²) in [5.74, 6) is 1.74. The monoisotopic (exact) mass is 4330 g/mol. The molecule has 1 aromatic heterocycles. The van der Waals surface area contributed by atoms with E-state index in [9.17, 15) is 0 Å². The molecular formula is C17H18I32N3-5. The number of aromatic nitrogens is 1. The number of alkyl halides is 7. The fraction of sp³-hybridized carbons (Fsp3) is 0.529. The van der Waals surface area contributed by atoms with Crippen molar-refractivity contribution in [3.05, 3.63) is 30.3 Å². The van der Waals surface area contributed by atoms with E-state index in [1.54, 1.807) is 5.82 Å². The molecule has 0 saturated carbocycles. The number of fused-ring (bicyclic) bond motifs is 1. The van der Waals surface area contributed by atoms with E-state index in [-0.39, 0.29) is 47.7 Å². The average molecular weight is 4330 g/mol. The summed E-state index contributed by atoms with van der Waals surface area (Å²) in [5.41, 5.74) is 1.49. The van der Waals surface area contributed by atoms with Crippen LogP contribution in [0.25, 0.3) is 10.9 Å². The zero-order chi connectivity index (χ0) is 39.9. The van der Waals surface area contributed by atoms with E-state index in [0.717, 1.165) is 0 Å². The Morgan fingerprint density at radius 2 is 1.19 bits per heavy atom. The van der Waals surface area contributed by atoms with Crippen molar-refractivity contribution >= 4 is 432 Å². The quantitative estimate of drug-likeness (QED) is 0.0889. The second-order valence-corrected chi connectivity index (χ2v) is 438. The molecule has 0 amide bonds. The van der Waals surface area contributed by atoms with Gasteiger partial charge < -0.3 is 0 Å². The van der Waals surface area contributed by atoms with Crippen LogP contribution in [0.15, 0.2) is 30.3 Å². The first-order chi connectivity index (χ1) is 24.2. The molecule has 1 aliphatic rings. The predicted octanol–water partition coefficient (Wildman–Crippen LogP) is 11.2.